The average Bonchev–Trinajstić information content (AvgIpc) is 2.94. The highest BCUT2D eigenvalue weighted by atomic mass is 35.5. The molecular weight excluding hydrogens is 282 g/mol. The number of benzene rings is 1. The predicted molar refractivity (Wildman–Crippen MR) is 74.9 cm³/mol. The summed E-state index contributed by atoms with van der Waals surface area (Å²) in [5.41, 5.74) is 2.68. The van der Waals surface area contributed by atoms with Crippen LogP contribution in [0.1, 0.15) is 22.7 Å². The number of nitriles is 1. The summed E-state index contributed by atoms with van der Waals surface area (Å²) in [6, 6.07) is 8.17. The lowest BCUT2D eigenvalue weighted by molar-refractivity contribution is 0.340. The number of hydrogen-bond acceptors (Lipinski definition) is 5. The zero-order valence-corrected chi connectivity index (χ0v) is 11.7. The molecule has 1 unspecified atom stereocenters. The molecule has 4 nitrogen and oxygen atoms in total. The smallest absolute Gasteiger partial charge is 0.162 e. The van der Waals surface area contributed by atoms with E-state index in [0.717, 1.165) is 11.3 Å². The third-order valence-electron chi connectivity index (χ3n) is 3.01. The van der Waals surface area contributed by atoms with Crippen molar-refractivity contribution in [2.24, 2.45) is 0 Å². The molecule has 1 aliphatic heterocycles. The van der Waals surface area contributed by atoms with E-state index >= 15 is 0 Å². The first-order valence-electron chi connectivity index (χ1n) is 5.74. The van der Waals surface area contributed by atoms with E-state index in [9.17, 15) is 0 Å². The summed E-state index contributed by atoms with van der Waals surface area (Å²) in [4.78, 5) is 0. The number of anilines is 1. The van der Waals surface area contributed by atoms with Crippen molar-refractivity contribution in [3.8, 4) is 11.8 Å². The van der Waals surface area contributed by atoms with Crippen LogP contribution in [0.4, 0.5) is 5.00 Å². The summed E-state index contributed by atoms with van der Waals surface area (Å²) in [6.45, 7) is 2.58. The van der Waals surface area contributed by atoms with Gasteiger partial charge in [0.15, 0.2) is 5.15 Å². The van der Waals surface area contributed by atoms with E-state index in [0.29, 0.717) is 17.2 Å². The van der Waals surface area contributed by atoms with Crippen molar-refractivity contribution in [3.63, 3.8) is 0 Å². The van der Waals surface area contributed by atoms with Crippen LogP contribution in [-0.4, -0.2) is 11.0 Å². The summed E-state index contributed by atoms with van der Waals surface area (Å²) < 4.78 is 9.61. The molecule has 2 aromatic rings. The van der Waals surface area contributed by atoms with Crippen molar-refractivity contribution in [2.45, 2.75) is 13.0 Å². The number of nitrogens with zero attached hydrogens (tertiary/aromatic N) is 2. The number of aryl methyl sites for hydroxylation is 1. The maximum atomic E-state index is 9.06. The van der Waals surface area contributed by atoms with E-state index in [1.54, 1.807) is 0 Å². The fourth-order valence-corrected chi connectivity index (χ4v) is 3.07. The molecule has 96 valence electrons. The van der Waals surface area contributed by atoms with Crippen LogP contribution in [0, 0.1) is 18.3 Å². The van der Waals surface area contributed by atoms with E-state index in [1.807, 2.05) is 19.1 Å². The summed E-state index contributed by atoms with van der Waals surface area (Å²) in [6.07, 6.45) is 0. The van der Waals surface area contributed by atoms with Crippen molar-refractivity contribution in [2.75, 3.05) is 11.9 Å². The molecule has 1 aromatic carbocycles. The molecule has 0 bridgehead atoms. The summed E-state index contributed by atoms with van der Waals surface area (Å²) in [5.74, 6) is 0.886. The highest BCUT2D eigenvalue weighted by Crippen LogP contribution is 2.37. The van der Waals surface area contributed by atoms with Gasteiger partial charge in [-0.1, -0.05) is 29.3 Å². The van der Waals surface area contributed by atoms with Crippen molar-refractivity contribution in [1.82, 2.24) is 4.37 Å². The lowest BCUT2D eigenvalue weighted by Gasteiger charge is -2.11. The number of nitrogens with one attached hydrogen (secondary N) is 1. The number of hydrogen-bond donors (Lipinski definition) is 1. The highest BCUT2D eigenvalue weighted by Gasteiger charge is 2.26. The highest BCUT2D eigenvalue weighted by molar-refractivity contribution is 7.10. The number of ether oxygens (including phenoxy) is 1. The average molecular weight is 292 g/mol. The summed E-state index contributed by atoms with van der Waals surface area (Å²) in [7, 11) is 0. The molecule has 1 N–H and O–H groups in total. The van der Waals surface area contributed by atoms with Gasteiger partial charge in [-0.3, -0.25) is 0 Å². The van der Waals surface area contributed by atoms with Crippen LogP contribution in [0.25, 0.3) is 0 Å². The second-order valence-corrected chi connectivity index (χ2v) is 5.47. The molecule has 0 saturated heterocycles. The minimum Gasteiger partial charge on any atom is -0.491 e. The zero-order chi connectivity index (χ0) is 13.4. The third kappa shape index (κ3) is 2.14. The van der Waals surface area contributed by atoms with Gasteiger partial charge >= 0.3 is 0 Å². The second-order valence-electron chi connectivity index (χ2n) is 4.34. The Hall–Kier alpha value is -1.77. The zero-order valence-electron chi connectivity index (χ0n) is 10.1. The third-order valence-corrected chi connectivity index (χ3v) is 4.17. The lowest BCUT2D eigenvalue weighted by atomic mass is 10.1. The van der Waals surface area contributed by atoms with Crippen LogP contribution in [0.2, 0.25) is 5.15 Å². The minimum atomic E-state index is 0.0264. The van der Waals surface area contributed by atoms with E-state index in [2.05, 4.69) is 21.8 Å². The van der Waals surface area contributed by atoms with Gasteiger partial charge in [-0.15, -0.1) is 0 Å². The molecule has 0 spiro atoms. The van der Waals surface area contributed by atoms with Gasteiger partial charge in [0, 0.05) is 5.56 Å². The number of fused-ring (bicyclic) bond motifs is 1. The van der Waals surface area contributed by atoms with Crippen molar-refractivity contribution < 1.29 is 4.74 Å². The van der Waals surface area contributed by atoms with Crippen LogP contribution >= 0.6 is 23.1 Å². The lowest BCUT2D eigenvalue weighted by Crippen LogP contribution is -2.11. The largest absolute Gasteiger partial charge is 0.491 e. The molecular formula is C13H10ClN3OS. The quantitative estimate of drug-likeness (QED) is 0.920. The fourth-order valence-electron chi connectivity index (χ4n) is 2.08. The topological polar surface area (TPSA) is 57.9 Å². The summed E-state index contributed by atoms with van der Waals surface area (Å²) >= 11 is 7.06. The van der Waals surface area contributed by atoms with Crippen LogP contribution in [-0.2, 0) is 0 Å². The molecule has 3 rings (SSSR count). The Balaban J connectivity index is 1.91. The predicted octanol–water partition coefficient (Wildman–Crippen LogP) is 3.52. The second kappa shape index (κ2) is 4.72. The fraction of sp³-hybridized carbons (Fsp3) is 0.231. The molecule has 1 aromatic heterocycles. The molecule has 1 aliphatic rings. The molecule has 0 saturated carbocycles. The van der Waals surface area contributed by atoms with Gasteiger partial charge in [-0.2, -0.15) is 9.64 Å². The molecule has 0 radical (unpaired) electrons. The first-order valence-corrected chi connectivity index (χ1v) is 6.89. The maximum absolute atomic E-state index is 9.06. The van der Waals surface area contributed by atoms with Crippen LogP contribution in [0.15, 0.2) is 18.2 Å². The first kappa shape index (κ1) is 12.3. The number of rotatable bonds is 2. The van der Waals surface area contributed by atoms with Gasteiger partial charge in [0.1, 0.15) is 29.0 Å². The Labute approximate surface area is 119 Å². The van der Waals surface area contributed by atoms with Gasteiger partial charge in [0.05, 0.1) is 6.04 Å². The van der Waals surface area contributed by atoms with Crippen LogP contribution in [0.5, 0.6) is 5.75 Å². The van der Waals surface area contributed by atoms with Gasteiger partial charge in [-0.25, -0.2) is 0 Å². The first-order chi connectivity index (χ1) is 9.19. The molecule has 0 fully saturated rings. The summed E-state index contributed by atoms with van der Waals surface area (Å²) in [5, 5.41) is 13.3. The Morgan fingerprint density at radius 3 is 3.21 bits per heavy atom. The molecule has 1 atom stereocenters. The number of aromatic nitrogens is 1. The molecule has 0 amide bonds. The van der Waals surface area contributed by atoms with E-state index in [-0.39, 0.29) is 11.2 Å². The van der Waals surface area contributed by atoms with E-state index < -0.39 is 0 Å². The van der Waals surface area contributed by atoms with E-state index in [4.69, 9.17) is 21.6 Å². The number of halogens is 1. The van der Waals surface area contributed by atoms with Crippen molar-refractivity contribution in [1.29, 1.82) is 5.26 Å². The standard InChI is InChI=1S/C13H10ClN3OS/c1-7-2-3-11-8(4-7)10(6-18-11)16-13-9(5-15)12(14)17-19-13/h2-4,10,16H,6H2,1H3. The van der Waals surface area contributed by atoms with Crippen LogP contribution in [0.3, 0.4) is 0 Å². The van der Waals surface area contributed by atoms with Gasteiger partial charge in [0.2, 0.25) is 0 Å². The Morgan fingerprint density at radius 1 is 1.58 bits per heavy atom. The minimum absolute atomic E-state index is 0.0264. The Kier molecular flexibility index (Phi) is 3.05. The van der Waals surface area contributed by atoms with Crippen molar-refractivity contribution >= 4 is 28.1 Å². The molecule has 0 aliphatic carbocycles. The molecule has 6 heteroatoms. The van der Waals surface area contributed by atoms with Gasteiger partial charge in [-0.05, 0) is 24.5 Å². The van der Waals surface area contributed by atoms with E-state index in [1.165, 1.54) is 17.1 Å². The van der Waals surface area contributed by atoms with Gasteiger partial charge < -0.3 is 10.1 Å². The van der Waals surface area contributed by atoms with Crippen molar-refractivity contribution in [3.05, 3.63) is 40.0 Å². The maximum Gasteiger partial charge on any atom is 0.162 e. The SMILES string of the molecule is Cc1ccc2c(c1)C(Nc1snc(Cl)c1C#N)CO2. The Bertz CT molecular complexity index is 677. The molecule has 2 heterocycles. The van der Waals surface area contributed by atoms with Crippen LogP contribution < -0.4 is 10.1 Å². The Morgan fingerprint density at radius 2 is 2.42 bits per heavy atom. The molecule has 19 heavy (non-hydrogen) atoms. The normalized spacial score (nSPS) is 16.6. The monoisotopic (exact) mass is 291 g/mol. The van der Waals surface area contributed by atoms with Gasteiger partial charge in [0.25, 0.3) is 0 Å².